The quantitative estimate of drug-likeness (QED) is 0.590. The molecule has 6 heteroatoms. The second-order valence-corrected chi connectivity index (χ2v) is 7.66. The van der Waals surface area contributed by atoms with Crippen LogP contribution >= 0.6 is 11.8 Å². The summed E-state index contributed by atoms with van der Waals surface area (Å²) < 4.78 is 2.12. The first kappa shape index (κ1) is 20.4. The maximum atomic E-state index is 10.9. The van der Waals surface area contributed by atoms with Gasteiger partial charge in [0.15, 0.2) is 6.20 Å². The topological polar surface area (TPSA) is 44.4 Å². The van der Waals surface area contributed by atoms with Gasteiger partial charge >= 0.3 is 5.97 Å². The number of hydrogen-bond donors (Lipinski definition) is 1. The lowest BCUT2D eigenvalue weighted by atomic mass is 10.1. The van der Waals surface area contributed by atoms with Gasteiger partial charge in [-0.3, -0.25) is 4.79 Å². The molecule has 0 unspecified atom stereocenters. The summed E-state index contributed by atoms with van der Waals surface area (Å²) in [7, 11) is 2.05. The standard InChI is InChI=1S/C22H20N2O2S.BrH/c1-23-14-12-16(17-7-2-3-8-18(17)23)15-21-24(13-6-11-22(25)26)19-9-4-5-10-20(19)27-21;/h2-5,7-10,12,14-15H,6,11,13H2,1H3;1H. The number of carboxylic acid groups (broad SMARTS) is 1. The van der Waals surface area contributed by atoms with Gasteiger partial charge in [-0.05, 0) is 36.3 Å². The lowest BCUT2D eigenvalue weighted by molar-refractivity contribution is -0.644. The smallest absolute Gasteiger partial charge is 0.303 e. The van der Waals surface area contributed by atoms with Crippen molar-refractivity contribution in [2.24, 2.45) is 7.05 Å². The van der Waals surface area contributed by atoms with Crippen LogP contribution in [-0.2, 0) is 11.8 Å². The van der Waals surface area contributed by atoms with Crippen molar-refractivity contribution in [3.63, 3.8) is 0 Å². The van der Waals surface area contributed by atoms with Gasteiger partial charge in [-0.15, -0.1) is 0 Å². The van der Waals surface area contributed by atoms with Crippen molar-refractivity contribution in [3.05, 3.63) is 71.4 Å². The molecule has 4 nitrogen and oxygen atoms in total. The fourth-order valence-corrected chi connectivity index (χ4v) is 4.57. The summed E-state index contributed by atoms with van der Waals surface area (Å²) in [5.41, 5.74) is 3.51. The van der Waals surface area contributed by atoms with Gasteiger partial charge in [0, 0.05) is 30.0 Å². The monoisotopic (exact) mass is 456 g/mol. The van der Waals surface area contributed by atoms with Crippen LogP contribution in [0.5, 0.6) is 0 Å². The second-order valence-electron chi connectivity index (χ2n) is 6.60. The van der Waals surface area contributed by atoms with E-state index in [2.05, 4.69) is 71.3 Å². The molecular weight excluding hydrogens is 436 g/mol. The molecule has 0 saturated heterocycles. The normalized spacial score (nSPS) is 14.2. The number of nitrogens with zero attached hydrogens (tertiary/aromatic N) is 2. The molecule has 1 aromatic heterocycles. The zero-order chi connectivity index (χ0) is 18.8. The van der Waals surface area contributed by atoms with Crippen molar-refractivity contribution in [2.75, 3.05) is 11.4 Å². The van der Waals surface area contributed by atoms with Gasteiger partial charge in [-0.2, -0.15) is 0 Å². The number of carbonyl (C=O) groups is 1. The molecule has 0 amide bonds. The van der Waals surface area contributed by atoms with Gasteiger partial charge in [0.1, 0.15) is 7.05 Å². The van der Waals surface area contributed by atoms with Crippen molar-refractivity contribution in [1.82, 2.24) is 0 Å². The maximum absolute atomic E-state index is 10.9. The Morgan fingerprint density at radius 3 is 2.71 bits per heavy atom. The molecule has 0 radical (unpaired) electrons. The number of carboxylic acids is 1. The molecule has 0 saturated carbocycles. The van der Waals surface area contributed by atoms with E-state index in [0.717, 1.165) is 10.7 Å². The van der Waals surface area contributed by atoms with Crippen molar-refractivity contribution in [1.29, 1.82) is 0 Å². The van der Waals surface area contributed by atoms with Crippen LogP contribution in [-0.4, -0.2) is 17.6 Å². The Labute approximate surface area is 179 Å². The average Bonchev–Trinajstić information content (AvgIpc) is 3.01. The predicted octanol–water partition coefficient (Wildman–Crippen LogP) is 1.44. The average molecular weight is 457 g/mol. The summed E-state index contributed by atoms with van der Waals surface area (Å²) in [6, 6.07) is 18.8. The minimum Gasteiger partial charge on any atom is -1.00 e. The molecule has 2 aromatic carbocycles. The fourth-order valence-electron chi connectivity index (χ4n) is 3.43. The second kappa shape index (κ2) is 8.80. The number of anilines is 1. The fraction of sp³-hybridized carbons (Fsp3) is 0.182. The van der Waals surface area contributed by atoms with E-state index in [0.29, 0.717) is 13.0 Å². The number of halogens is 1. The van der Waals surface area contributed by atoms with Crippen LogP contribution in [0.25, 0.3) is 17.0 Å². The minimum absolute atomic E-state index is 0. The molecule has 28 heavy (non-hydrogen) atoms. The van der Waals surface area contributed by atoms with Gasteiger partial charge < -0.3 is 27.0 Å². The number of hydrogen-bond acceptors (Lipinski definition) is 3. The van der Waals surface area contributed by atoms with Crippen LogP contribution in [0.1, 0.15) is 18.4 Å². The van der Waals surface area contributed by atoms with E-state index >= 15 is 0 Å². The molecule has 0 spiro atoms. The van der Waals surface area contributed by atoms with Gasteiger partial charge in [-0.25, -0.2) is 4.57 Å². The largest absolute Gasteiger partial charge is 1.00 e. The van der Waals surface area contributed by atoms with Gasteiger partial charge in [0.05, 0.1) is 16.1 Å². The molecule has 2 heterocycles. The maximum Gasteiger partial charge on any atom is 0.303 e. The molecule has 144 valence electrons. The van der Waals surface area contributed by atoms with Crippen LogP contribution in [0, 0.1) is 0 Å². The molecule has 1 aliphatic heterocycles. The molecule has 1 aliphatic rings. The Morgan fingerprint density at radius 1 is 1.14 bits per heavy atom. The molecule has 0 fully saturated rings. The molecule has 0 atom stereocenters. The molecule has 0 bridgehead atoms. The first-order chi connectivity index (χ1) is 13.1. The van der Waals surface area contributed by atoms with Crippen molar-refractivity contribution < 1.29 is 31.4 Å². The number of aliphatic carboxylic acids is 1. The summed E-state index contributed by atoms with van der Waals surface area (Å²) >= 11 is 1.74. The highest BCUT2D eigenvalue weighted by atomic mass is 79.9. The Kier molecular flexibility index (Phi) is 6.42. The van der Waals surface area contributed by atoms with Crippen LogP contribution < -0.4 is 26.4 Å². The van der Waals surface area contributed by atoms with E-state index in [9.17, 15) is 4.79 Å². The van der Waals surface area contributed by atoms with Gasteiger partial charge in [0.25, 0.3) is 0 Å². The van der Waals surface area contributed by atoms with E-state index in [1.165, 1.54) is 21.4 Å². The van der Waals surface area contributed by atoms with E-state index in [1.54, 1.807) is 11.8 Å². The molecule has 0 aliphatic carbocycles. The number of pyridine rings is 1. The molecular formula is C22H21BrN2O2S. The van der Waals surface area contributed by atoms with E-state index in [4.69, 9.17) is 5.11 Å². The molecule has 3 aromatic rings. The van der Waals surface area contributed by atoms with E-state index in [1.807, 2.05) is 12.1 Å². The number of thioether (sulfide) groups is 1. The third-order valence-electron chi connectivity index (χ3n) is 4.76. The van der Waals surface area contributed by atoms with E-state index < -0.39 is 5.97 Å². The number of aryl methyl sites for hydroxylation is 1. The number of benzene rings is 2. The van der Waals surface area contributed by atoms with E-state index in [-0.39, 0.29) is 23.4 Å². The van der Waals surface area contributed by atoms with Crippen LogP contribution in [0.2, 0.25) is 0 Å². The highest BCUT2D eigenvalue weighted by Crippen LogP contribution is 2.46. The highest BCUT2D eigenvalue weighted by Gasteiger charge is 2.25. The number of aromatic nitrogens is 1. The lowest BCUT2D eigenvalue weighted by Gasteiger charge is -2.20. The van der Waals surface area contributed by atoms with Crippen molar-refractivity contribution >= 4 is 40.4 Å². The Morgan fingerprint density at radius 2 is 1.89 bits per heavy atom. The Bertz CT molecular complexity index is 1050. The number of para-hydroxylation sites is 2. The van der Waals surface area contributed by atoms with Crippen molar-refractivity contribution in [2.45, 2.75) is 17.7 Å². The summed E-state index contributed by atoms with van der Waals surface area (Å²) in [4.78, 5) is 14.4. The van der Waals surface area contributed by atoms with Crippen LogP contribution in [0.15, 0.2) is 70.7 Å². The van der Waals surface area contributed by atoms with Crippen LogP contribution in [0.4, 0.5) is 5.69 Å². The molecule has 4 rings (SSSR count). The highest BCUT2D eigenvalue weighted by molar-refractivity contribution is 8.03. The van der Waals surface area contributed by atoms with Gasteiger partial charge in [-0.1, -0.05) is 36.0 Å². The van der Waals surface area contributed by atoms with Crippen LogP contribution in [0.3, 0.4) is 0 Å². The predicted molar refractivity (Wildman–Crippen MR) is 110 cm³/mol. The zero-order valence-corrected chi connectivity index (χ0v) is 17.9. The first-order valence-electron chi connectivity index (χ1n) is 8.99. The third-order valence-corrected chi connectivity index (χ3v) is 5.87. The summed E-state index contributed by atoms with van der Waals surface area (Å²) in [6.45, 7) is 0.695. The lowest BCUT2D eigenvalue weighted by Crippen LogP contribution is -3.00. The zero-order valence-electron chi connectivity index (χ0n) is 15.5. The third kappa shape index (κ3) is 4.08. The summed E-state index contributed by atoms with van der Waals surface area (Å²) in [5, 5.41) is 11.3. The molecule has 1 N–H and O–H groups in total. The summed E-state index contributed by atoms with van der Waals surface area (Å²) in [5.74, 6) is -0.748. The number of rotatable bonds is 5. The minimum atomic E-state index is -0.748. The SMILES string of the molecule is C[n+]1ccc(C=C2Sc3ccccc3N2CCCC(=O)O)c2ccccc21.[Br-]. The first-order valence-corrected chi connectivity index (χ1v) is 9.80. The summed E-state index contributed by atoms with van der Waals surface area (Å²) in [6.07, 6.45) is 5.09. The Hall–Kier alpha value is -2.31. The van der Waals surface area contributed by atoms with Crippen molar-refractivity contribution in [3.8, 4) is 0 Å². The van der Waals surface area contributed by atoms with Gasteiger partial charge in [0.2, 0.25) is 5.52 Å². The number of fused-ring (bicyclic) bond motifs is 2. The Balaban J connectivity index is 0.00000225.